The smallest absolute Gasteiger partial charge is 0.124 e. The molecule has 1 saturated carbocycles. The minimum absolute atomic E-state index is 0.341. The quantitative estimate of drug-likeness (QED) is 0.731. The Morgan fingerprint density at radius 3 is 2.57 bits per heavy atom. The molecule has 0 spiro atoms. The fraction of sp³-hybridized carbons (Fsp3) is 0.364. The fourth-order valence-corrected chi connectivity index (χ4v) is 1.20. The van der Waals surface area contributed by atoms with E-state index in [1.165, 1.54) is 0 Å². The molecule has 0 atom stereocenters. The molecule has 14 heavy (non-hydrogen) atoms. The van der Waals surface area contributed by atoms with Crippen LogP contribution in [0.5, 0.6) is 11.5 Å². The van der Waals surface area contributed by atoms with Crippen LogP contribution >= 0.6 is 0 Å². The third-order valence-corrected chi connectivity index (χ3v) is 2.07. The van der Waals surface area contributed by atoms with Crippen LogP contribution in [0.1, 0.15) is 18.4 Å². The summed E-state index contributed by atoms with van der Waals surface area (Å²) in [5, 5.41) is 8.77. The van der Waals surface area contributed by atoms with Gasteiger partial charge in [0.05, 0.1) is 24.8 Å². The van der Waals surface area contributed by atoms with E-state index in [4.69, 9.17) is 14.7 Å². The predicted octanol–water partition coefficient (Wildman–Crippen LogP) is 2.11. The summed E-state index contributed by atoms with van der Waals surface area (Å²) < 4.78 is 10.6. The molecule has 1 aliphatic rings. The van der Waals surface area contributed by atoms with E-state index in [9.17, 15) is 0 Å². The summed E-state index contributed by atoms with van der Waals surface area (Å²) >= 11 is 0. The minimum Gasteiger partial charge on any atom is -0.497 e. The summed E-state index contributed by atoms with van der Waals surface area (Å²) in [7, 11) is 1.58. The van der Waals surface area contributed by atoms with E-state index < -0.39 is 0 Å². The number of ether oxygens (including phenoxy) is 2. The van der Waals surface area contributed by atoms with Crippen molar-refractivity contribution < 1.29 is 9.47 Å². The van der Waals surface area contributed by atoms with Crippen LogP contribution in [-0.4, -0.2) is 13.2 Å². The number of hydrogen-bond acceptors (Lipinski definition) is 3. The third-order valence-electron chi connectivity index (χ3n) is 2.07. The van der Waals surface area contributed by atoms with Crippen LogP contribution in [-0.2, 0) is 0 Å². The Kier molecular flexibility index (Phi) is 2.28. The number of nitriles is 1. The van der Waals surface area contributed by atoms with Gasteiger partial charge in [-0.1, -0.05) is 0 Å². The first-order chi connectivity index (χ1) is 6.81. The SMILES string of the molecule is COc1cc(C#N)cc(OC2CC2)c1. The average Bonchev–Trinajstić information content (AvgIpc) is 3.01. The molecule has 0 saturated heterocycles. The first-order valence-corrected chi connectivity index (χ1v) is 4.57. The van der Waals surface area contributed by atoms with E-state index in [-0.39, 0.29) is 0 Å². The normalized spacial score (nSPS) is 14.6. The van der Waals surface area contributed by atoms with E-state index in [2.05, 4.69) is 6.07 Å². The van der Waals surface area contributed by atoms with E-state index in [0.717, 1.165) is 18.6 Å². The highest BCUT2D eigenvalue weighted by Crippen LogP contribution is 2.29. The van der Waals surface area contributed by atoms with Crippen LogP contribution in [0.25, 0.3) is 0 Å². The third kappa shape index (κ3) is 1.97. The van der Waals surface area contributed by atoms with Crippen molar-refractivity contribution in [2.75, 3.05) is 7.11 Å². The van der Waals surface area contributed by atoms with Gasteiger partial charge in [0.15, 0.2) is 0 Å². The van der Waals surface area contributed by atoms with Gasteiger partial charge in [0.25, 0.3) is 0 Å². The van der Waals surface area contributed by atoms with Gasteiger partial charge in [-0.05, 0) is 25.0 Å². The van der Waals surface area contributed by atoms with Crippen molar-refractivity contribution in [3.63, 3.8) is 0 Å². The Balaban J connectivity index is 2.24. The Hall–Kier alpha value is -1.69. The summed E-state index contributed by atoms with van der Waals surface area (Å²) in [6, 6.07) is 7.31. The topological polar surface area (TPSA) is 42.2 Å². The number of nitrogens with zero attached hydrogens (tertiary/aromatic N) is 1. The lowest BCUT2D eigenvalue weighted by Gasteiger charge is -2.06. The monoisotopic (exact) mass is 189 g/mol. The second-order valence-corrected chi connectivity index (χ2v) is 3.33. The maximum atomic E-state index is 8.77. The van der Waals surface area contributed by atoms with Gasteiger partial charge in [0, 0.05) is 6.07 Å². The average molecular weight is 189 g/mol. The minimum atomic E-state index is 0.341. The first kappa shape index (κ1) is 8.89. The highest BCUT2D eigenvalue weighted by molar-refractivity contribution is 5.44. The van der Waals surface area contributed by atoms with Gasteiger partial charge in [-0.2, -0.15) is 5.26 Å². The molecule has 1 aromatic rings. The number of rotatable bonds is 3. The molecule has 72 valence electrons. The Morgan fingerprint density at radius 1 is 1.29 bits per heavy atom. The lowest BCUT2D eigenvalue weighted by Crippen LogP contribution is -1.96. The molecule has 0 radical (unpaired) electrons. The van der Waals surface area contributed by atoms with Crippen molar-refractivity contribution in [2.24, 2.45) is 0 Å². The predicted molar refractivity (Wildman–Crippen MR) is 51.4 cm³/mol. The lowest BCUT2D eigenvalue weighted by atomic mass is 10.2. The standard InChI is InChI=1S/C11H11NO2/c1-13-10-4-8(7-12)5-11(6-10)14-9-2-3-9/h4-6,9H,2-3H2,1H3. The highest BCUT2D eigenvalue weighted by Gasteiger charge is 2.23. The summed E-state index contributed by atoms with van der Waals surface area (Å²) in [5.41, 5.74) is 0.569. The molecule has 0 unspecified atom stereocenters. The molecule has 0 heterocycles. The summed E-state index contributed by atoms with van der Waals surface area (Å²) in [5.74, 6) is 1.39. The zero-order valence-corrected chi connectivity index (χ0v) is 7.99. The van der Waals surface area contributed by atoms with E-state index in [1.807, 2.05) is 0 Å². The first-order valence-electron chi connectivity index (χ1n) is 4.57. The summed E-state index contributed by atoms with van der Waals surface area (Å²) in [4.78, 5) is 0. The zero-order chi connectivity index (χ0) is 9.97. The molecule has 3 heteroatoms. The van der Waals surface area contributed by atoms with E-state index in [0.29, 0.717) is 17.4 Å². The van der Waals surface area contributed by atoms with Crippen LogP contribution in [0, 0.1) is 11.3 Å². The molecule has 0 aromatic heterocycles. The lowest BCUT2D eigenvalue weighted by molar-refractivity contribution is 0.300. The van der Waals surface area contributed by atoms with Gasteiger partial charge in [-0.15, -0.1) is 0 Å². The molecule has 0 bridgehead atoms. The van der Waals surface area contributed by atoms with Gasteiger partial charge in [-0.25, -0.2) is 0 Å². The fourth-order valence-electron chi connectivity index (χ4n) is 1.20. The molecular formula is C11H11NO2. The second kappa shape index (κ2) is 3.59. The largest absolute Gasteiger partial charge is 0.497 e. The molecule has 0 amide bonds. The second-order valence-electron chi connectivity index (χ2n) is 3.33. The molecule has 0 aliphatic heterocycles. The zero-order valence-electron chi connectivity index (χ0n) is 7.99. The maximum absolute atomic E-state index is 8.77. The van der Waals surface area contributed by atoms with Crippen LogP contribution in [0.15, 0.2) is 18.2 Å². The van der Waals surface area contributed by atoms with Crippen molar-refractivity contribution in [3.8, 4) is 17.6 Å². The van der Waals surface area contributed by atoms with Gasteiger partial charge in [0.2, 0.25) is 0 Å². The highest BCUT2D eigenvalue weighted by atomic mass is 16.5. The van der Waals surface area contributed by atoms with Gasteiger partial charge >= 0.3 is 0 Å². The maximum Gasteiger partial charge on any atom is 0.124 e. The van der Waals surface area contributed by atoms with Crippen molar-refractivity contribution in [1.29, 1.82) is 5.26 Å². The van der Waals surface area contributed by atoms with Crippen LogP contribution in [0.4, 0.5) is 0 Å². The summed E-state index contributed by atoms with van der Waals surface area (Å²) in [6.07, 6.45) is 2.56. The Morgan fingerprint density at radius 2 is 2.00 bits per heavy atom. The Bertz CT molecular complexity index is 377. The van der Waals surface area contributed by atoms with Gasteiger partial charge in [0.1, 0.15) is 11.5 Å². The van der Waals surface area contributed by atoms with Crippen molar-refractivity contribution in [3.05, 3.63) is 23.8 Å². The number of methoxy groups -OCH3 is 1. The van der Waals surface area contributed by atoms with Crippen LogP contribution in [0.2, 0.25) is 0 Å². The van der Waals surface area contributed by atoms with Crippen molar-refractivity contribution >= 4 is 0 Å². The molecule has 1 aliphatic carbocycles. The van der Waals surface area contributed by atoms with Crippen LogP contribution in [0.3, 0.4) is 0 Å². The van der Waals surface area contributed by atoms with Gasteiger partial charge in [-0.3, -0.25) is 0 Å². The number of benzene rings is 1. The molecule has 3 nitrogen and oxygen atoms in total. The number of hydrogen-bond donors (Lipinski definition) is 0. The van der Waals surface area contributed by atoms with E-state index >= 15 is 0 Å². The Labute approximate surface area is 82.9 Å². The molecule has 0 N–H and O–H groups in total. The molecule has 1 aromatic carbocycles. The summed E-state index contributed by atoms with van der Waals surface area (Å²) in [6.45, 7) is 0. The molecular weight excluding hydrogens is 178 g/mol. The molecule has 2 rings (SSSR count). The van der Waals surface area contributed by atoms with E-state index in [1.54, 1.807) is 25.3 Å². The van der Waals surface area contributed by atoms with Crippen LogP contribution < -0.4 is 9.47 Å². The molecule has 1 fully saturated rings. The van der Waals surface area contributed by atoms with Crippen molar-refractivity contribution in [2.45, 2.75) is 18.9 Å². The van der Waals surface area contributed by atoms with Crippen molar-refractivity contribution in [1.82, 2.24) is 0 Å². The van der Waals surface area contributed by atoms with Gasteiger partial charge < -0.3 is 9.47 Å².